The van der Waals surface area contributed by atoms with Gasteiger partial charge in [0.05, 0.1) is 29.6 Å². The van der Waals surface area contributed by atoms with Crippen molar-refractivity contribution in [2.75, 3.05) is 31.7 Å². The van der Waals surface area contributed by atoms with Crippen LogP contribution in [0.1, 0.15) is 49.9 Å². The molecule has 2 bridgehead atoms. The Morgan fingerprint density at radius 1 is 1.05 bits per heavy atom. The highest BCUT2D eigenvalue weighted by Crippen LogP contribution is 2.51. The van der Waals surface area contributed by atoms with Crippen LogP contribution in [0, 0.1) is 18.7 Å². The van der Waals surface area contributed by atoms with E-state index in [1.807, 2.05) is 18.7 Å². The smallest absolute Gasteiger partial charge is 0.417 e. The number of H-pyrrole nitrogens is 1. The summed E-state index contributed by atoms with van der Waals surface area (Å²) < 4.78 is 81.8. The van der Waals surface area contributed by atoms with Crippen LogP contribution in [0.2, 0.25) is 0 Å². The summed E-state index contributed by atoms with van der Waals surface area (Å²) >= 11 is 0. The molecule has 2 saturated heterocycles. The second kappa shape index (κ2) is 15.0. The van der Waals surface area contributed by atoms with Gasteiger partial charge in [0.2, 0.25) is 0 Å². The lowest BCUT2D eigenvalue weighted by Gasteiger charge is -2.30. The van der Waals surface area contributed by atoms with Gasteiger partial charge in [0.25, 0.3) is 0 Å². The number of hydrogen-bond acceptors (Lipinski definition) is 11. The van der Waals surface area contributed by atoms with Crippen molar-refractivity contribution in [3.05, 3.63) is 71.3 Å². The van der Waals surface area contributed by atoms with Gasteiger partial charge in [0, 0.05) is 59.7 Å². The van der Waals surface area contributed by atoms with E-state index >= 15 is 17.6 Å². The van der Waals surface area contributed by atoms with Crippen LogP contribution in [0.25, 0.3) is 44.2 Å². The van der Waals surface area contributed by atoms with Crippen LogP contribution in [0.4, 0.5) is 23.4 Å². The third-order valence-corrected chi connectivity index (χ3v) is 10.9. The molecule has 8 rings (SSSR count). The van der Waals surface area contributed by atoms with Gasteiger partial charge < -0.3 is 29.2 Å². The number of nitrogens with zero attached hydrogens (tertiary/aromatic N) is 7. The van der Waals surface area contributed by atoms with Crippen LogP contribution in [-0.4, -0.2) is 86.4 Å². The van der Waals surface area contributed by atoms with Crippen LogP contribution in [0.5, 0.6) is 11.8 Å². The largest absolute Gasteiger partial charge is 0.486 e. The summed E-state index contributed by atoms with van der Waals surface area (Å²) in [7, 11) is 1.54. The van der Waals surface area contributed by atoms with Crippen LogP contribution >= 0.6 is 0 Å². The molecule has 2 N–H and O–H groups in total. The molecule has 298 valence electrons. The molecule has 3 aromatic heterocycles. The number of halogens is 4. The standard InChI is InChI=1S/C40H41F4N9O4/c1-20(2)33(17-54)53-16-32(50-51-53)24-8-6-23(7-9-24)19-56-37-35(34-22(4)30(41)12-31-28(34)14-46-49-31)29(40(42,43)44)11-27-36(37)47-39(57-18-21(3)55-5)48-38(27)52-15-25-10-26(52)13-45-25/h6-9,11-12,14,16-17,20-21,25-26,33,45H,10,13,15,18-19H2,1-5H3,(H,46,49)/t21-,25?,26?,33?/m0/s1. The van der Waals surface area contributed by atoms with Gasteiger partial charge in [-0.3, -0.25) is 5.10 Å². The Morgan fingerprint density at radius 3 is 2.51 bits per heavy atom. The maximum absolute atomic E-state index is 15.6. The number of hydrogen-bond donors (Lipinski definition) is 2. The van der Waals surface area contributed by atoms with Crippen LogP contribution in [0.15, 0.2) is 48.8 Å². The molecule has 3 aromatic carbocycles. The first kappa shape index (κ1) is 38.2. The third kappa shape index (κ3) is 7.14. The minimum atomic E-state index is -4.92. The fraction of sp³-hybridized carbons (Fsp3) is 0.400. The van der Waals surface area contributed by atoms with Crippen molar-refractivity contribution >= 4 is 33.9 Å². The summed E-state index contributed by atoms with van der Waals surface area (Å²) in [6.07, 6.45) is -0.557. The number of carbonyl (C=O) groups excluding carboxylic acids is 1. The minimum Gasteiger partial charge on any atom is -0.486 e. The fourth-order valence-electron chi connectivity index (χ4n) is 7.67. The van der Waals surface area contributed by atoms with Gasteiger partial charge in [-0.1, -0.05) is 43.3 Å². The van der Waals surface area contributed by atoms with Crippen LogP contribution in [-0.2, 0) is 22.3 Å². The maximum Gasteiger partial charge on any atom is 0.417 e. The predicted molar refractivity (Wildman–Crippen MR) is 204 cm³/mol. The van der Waals surface area contributed by atoms with Gasteiger partial charge in [-0.15, -0.1) is 5.10 Å². The Bertz CT molecular complexity index is 2450. The van der Waals surface area contributed by atoms with E-state index < -0.39 is 23.6 Å². The minimum absolute atomic E-state index is 0.00885. The van der Waals surface area contributed by atoms with Crippen molar-refractivity contribution < 1.29 is 36.6 Å². The first-order valence-electron chi connectivity index (χ1n) is 18.7. The number of rotatable bonds is 13. The zero-order valence-electron chi connectivity index (χ0n) is 31.9. The number of anilines is 1. The van der Waals surface area contributed by atoms with E-state index in [0.29, 0.717) is 29.9 Å². The molecule has 3 unspecified atom stereocenters. The molecule has 0 radical (unpaired) electrons. The van der Waals surface area contributed by atoms with Crippen molar-refractivity contribution in [1.82, 2.24) is 40.5 Å². The van der Waals surface area contributed by atoms with E-state index in [1.54, 1.807) is 37.4 Å². The highest BCUT2D eigenvalue weighted by molar-refractivity contribution is 6.06. The van der Waals surface area contributed by atoms with Crippen LogP contribution in [0.3, 0.4) is 0 Å². The van der Waals surface area contributed by atoms with E-state index in [1.165, 1.54) is 31.0 Å². The average Bonchev–Trinajstić information content (AvgIpc) is 4.03. The molecular formula is C40H41F4N9O4. The number of alkyl halides is 3. The molecule has 2 aliphatic heterocycles. The van der Waals surface area contributed by atoms with Crippen molar-refractivity contribution in [3.8, 4) is 34.1 Å². The van der Waals surface area contributed by atoms with Gasteiger partial charge in [-0.05, 0) is 49.4 Å². The molecule has 4 atom stereocenters. The second-order valence-electron chi connectivity index (χ2n) is 15.0. The molecule has 13 nitrogen and oxygen atoms in total. The summed E-state index contributed by atoms with van der Waals surface area (Å²) in [4.78, 5) is 23.1. The maximum atomic E-state index is 15.6. The Kier molecular flexibility index (Phi) is 10.1. The van der Waals surface area contributed by atoms with Crippen LogP contribution < -0.4 is 19.7 Å². The van der Waals surface area contributed by atoms with E-state index in [0.717, 1.165) is 18.8 Å². The lowest BCUT2D eigenvalue weighted by Crippen LogP contribution is -2.44. The fourth-order valence-corrected chi connectivity index (χ4v) is 7.67. The second-order valence-corrected chi connectivity index (χ2v) is 15.0. The molecule has 17 heteroatoms. The van der Waals surface area contributed by atoms with E-state index in [2.05, 4.69) is 25.8 Å². The van der Waals surface area contributed by atoms with Gasteiger partial charge in [0.1, 0.15) is 48.4 Å². The Balaban J connectivity index is 1.30. The number of benzene rings is 3. The summed E-state index contributed by atoms with van der Waals surface area (Å²) in [5, 5.41) is 18.9. The number of aromatic amines is 1. The molecule has 57 heavy (non-hydrogen) atoms. The molecular weight excluding hydrogens is 746 g/mol. The third-order valence-electron chi connectivity index (χ3n) is 10.9. The number of carbonyl (C=O) groups is 1. The number of aldehydes is 1. The normalized spacial score (nSPS) is 17.9. The Labute approximate surface area is 324 Å². The molecule has 0 amide bonds. The SMILES string of the molecule is CO[C@@H](C)COc1nc(N2CC3CC2CN3)c2cc(C(F)(F)F)c(-c3c(C)c(F)cc4[nH]ncc34)c(OCc3ccc(-c4cn(C(C=O)C(C)C)nn4)cc3)c2n1. The van der Waals surface area contributed by atoms with E-state index in [9.17, 15) is 4.79 Å². The van der Waals surface area contributed by atoms with Crippen molar-refractivity contribution in [2.45, 2.75) is 71.1 Å². The number of piperazine rings is 1. The van der Waals surface area contributed by atoms with Crippen molar-refractivity contribution in [1.29, 1.82) is 0 Å². The molecule has 0 saturated carbocycles. The van der Waals surface area contributed by atoms with Gasteiger partial charge >= 0.3 is 12.2 Å². The highest BCUT2D eigenvalue weighted by atomic mass is 19.4. The predicted octanol–water partition coefficient (Wildman–Crippen LogP) is 6.84. The Morgan fingerprint density at radius 2 is 1.84 bits per heavy atom. The molecule has 2 fully saturated rings. The number of nitrogens with one attached hydrogen (secondary N) is 2. The first-order valence-corrected chi connectivity index (χ1v) is 18.7. The summed E-state index contributed by atoms with van der Waals surface area (Å²) in [6.45, 7) is 8.12. The van der Waals surface area contributed by atoms with Crippen molar-refractivity contribution in [2.24, 2.45) is 5.92 Å². The lowest BCUT2D eigenvalue weighted by molar-refractivity contribution is -0.137. The zero-order chi connectivity index (χ0) is 40.2. The van der Waals surface area contributed by atoms with Gasteiger partial charge in [-0.25, -0.2) is 9.07 Å². The summed E-state index contributed by atoms with van der Waals surface area (Å²) in [5.41, 5.74) is 0.677. The highest BCUT2D eigenvalue weighted by Gasteiger charge is 2.42. The number of fused-ring (bicyclic) bond motifs is 4. The molecule has 6 aromatic rings. The lowest BCUT2D eigenvalue weighted by atomic mass is 9.90. The zero-order valence-corrected chi connectivity index (χ0v) is 31.9. The first-order chi connectivity index (χ1) is 27.3. The molecule has 0 spiro atoms. The van der Waals surface area contributed by atoms with E-state index in [-0.39, 0.29) is 93.4 Å². The molecule has 0 aliphatic carbocycles. The van der Waals surface area contributed by atoms with Gasteiger partial charge in [-0.2, -0.15) is 28.2 Å². The van der Waals surface area contributed by atoms with Crippen molar-refractivity contribution in [3.63, 3.8) is 0 Å². The number of methoxy groups -OCH3 is 1. The summed E-state index contributed by atoms with van der Waals surface area (Å²) in [6, 6.07) is 8.94. The molecule has 5 heterocycles. The number of ether oxygens (including phenoxy) is 3. The topological polar surface area (TPSA) is 145 Å². The van der Waals surface area contributed by atoms with Gasteiger partial charge in [0.15, 0.2) is 5.75 Å². The monoisotopic (exact) mass is 787 g/mol. The molecule has 2 aliphatic rings. The quantitative estimate of drug-likeness (QED) is 0.0938. The average molecular weight is 788 g/mol. The van der Waals surface area contributed by atoms with E-state index in [4.69, 9.17) is 24.2 Å². The number of aromatic nitrogens is 7. The Hall–Kier alpha value is -5.68. The summed E-state index contributed by atoms with van der Waals surface area (Å²) in [5.74, 6) is -0.642.